The zero-order valence-corrected chi connectivity index (χ0v) is 11.1. The van der Waals surface area contributed by atoms with Crippen LogP contribution < -0.4 is 5.32 Å². The zero-order valence-electron chi connectivity index (χ0n) is 9.57. The molecule has 1 N–H and O–H groups in total. The summed E-state index contributed by atoms with van der Waals surface area (Å²) in [4.78, 5) is 0.912. The van der Waals surface area contributed by atoms with E-state index in [1.54, 1.807) is 0 Å². The lowest BCUT2D eigenvalue weighted by atomic mass is 10.4. The van der Waals surface area contributed by atoms with Gasteiger partial charge in [-0.2, -0.15) is 0 Å². The Balaban J connectivity index is 1.92. The van der Waals surface area contributed by atoms with Gasteiger partial charge in [-0.25, -0.2) is 0 Å². The van der Waals surface area contributed by atoms with E-state index in [1.807, 2.05) is 12.1 Å². The van der Waals surface area contributed by atoms with E-state index >= 15 is 0 Å². The molecule has 0 radical (unpaired) electrons. The zero-order chi connectivity index (χ0) is 12.1. The van der Waals surface area contributed by atoms with E-state index in [2.05, 4.69) is 22.4 Å². The monoisotopic (exact) mass is 271 g/mol. The summed E-state index contributed by atoms with van der Waals surface area (Å²) in [6.45, 7) is 4.01. The molecular formula is C11H14ClN3OS. The van der Waals surface area contributed by atoms with Gasteiger partial charge in [-0.3, -0.25) is 0 Å². The van der Waals surface area contributed by atoms with E-state index in [1.165, 1.54) is 11.3 Å². The van der Waals surface area contributed by atoms with Crippen molar-refractivity contribution in [2.45, 2.75) is 19.8 Å². The van der Waals surface area contributed by atoms with Crippen molar-refractivity contribution in [2.24, 2.45) is 0 Å². The molecule has 0 aliphatic rings. The lowest BCUT2D eigenvalue weighted by Gasteiger charge is -1.98. The Kier molecular flexibility index (Phi) is 4.53. The first-order valence-corrected chi connectivity index (χ1v) is 6.78. The summed E-state index contributed by atoms with van der Waals surface area (Å²) in [6.07, 6.45) is 1.88. The third kappa shape index (κ3) is 3.52. The average Bonchev–Trinajstić information content (AvgIpc) is 2.93. The van der Waals surface area contributed by atoms with Crippen molar-refractivity contribution in [3.63, 3.8) is 0 Å². The molecule has 0 fully saturated rings. The summed E-state index contributed by atoms with van der Waals surface area (Å²) in [6, 6.07) is 3.72. The Morgan fingerprint density at radius 2 is 2.24 bits per heavy atom. The third-order valence-corrected chi connectivity index (χ3v) is 3.41. The third-order valence-electron chi connectivity index (χ3n) is 2.19. The van der Waals surface area contributed by atoms with Gasteiger partial charge in [0.25, 0.3) is 5.89 Å². The summed E-state index contributed by atoms with van der Waals surface area (Å²) < 4.78 is 6.28. The van der Waals surface area contributed by atoms with Gasteiger partial charge in [0.05, 0.1) is 9.21 Å². The summed E-state index contributed by atoms with van der Waals surface area (Å²) in [7, 11) is 0. The summed E-state index contributed by atoms with van der Waals surface area (Å²) in [5.41, 5.74) is 0. The predicted octanol–water partition coefficient (Wildman–Crippen LogP) is 2.99. The molecule has 92 valence electrons. The van der Waals surface area contributed by atoms with Crippen LogP contribution in [0.4, 0.5) is 0 Å². The molecule has 2 rings (SSSR count). The lowest BCUT2D eigenvalue weighted by molar-refractivity contribution is 0.495. The smallest absolute Gasteiger partial charge is 0.257 e. The predicted molar refractivity (Wildman–Crippen MR) is 69.5 cm³/mol. The molecule has 2 aromatic rings. The van der Waals surface area contributed by atoms with E-state index in [-0.39, 0.29) is 0 Å². The summed E-state index contributed by atoms with van der Waals surface area (Å²) >= 11 is 7.29. The fraction of sp³-hybridized carbons (Fsp3) is 0.455. The minimum absolute atomic E-state index is 0.549. The first kappa shape index (κ1) is 12.5. The van der Waals surface area contributed by atoms with Crippen LogP contribution in [0.15, 0.2) is 16.5 Å². The van der Waals surface area contributed by atoms with Gasteiger partial charge in [0.1, 0.15) is 0 Å². The maximum atomic E-state index is 5.85. The highest BCUT2D eigenvalue weighted by Crippen LogP contribution is 2.29. The van der Waals surface area contributed by atoms with E-state index in [0.717, 1.165) is 35.1 Å². The fourth-order valence-electron chi connectivity index (χ4n) is 1.38. The van der Waals surface area contributed by atoms with Crippen molar-refractivity contribution in [3.05, 3.63) is 22.4 Å². The SMILES string of the molecule is CCCNCCc1nnc(-c2ccc(Cl)s2)o1. The minimum Gasteiger partial charge on any atom is -0.420 e. The van der Waals surface area contributed by atoms with Crippen molar-refractivity contribution in [1.29, 1.82) is 0 Å². The van der Waals surface area contributed by atoms with Crippen molar-refractivity contribution < 1.29 is 4.42 Å². The van der Waals surface area contributed by atoms with Crippen LogP contribution in [0.2, 0.25) is 4.34 Å². The van der Waals surface area contributed by atoms with Gasteiger partial charge in [-0.15, -0.1) is 21.5 Å². The quantitative estimate of drug-likeness (QED) is 0.821. The largest absolute Gasteiger partial charge is 0.420 e. The van der Waals surface area contributed by atoms with Crippen LogP contribution >= 0.6 is 22.9 Å². The van der Waals surface area contributed by atoms with Crippen LogP contribution in [0.3, 0.4) is 0 Å². The number of hydrogen-bond donors (Lipinski definition) is 1. The number of halogens is 1. The van der Waals surface area contributed by atoms with Gasteiger partial charge < -0.3 is 9.73 Å². The summed E-state index contributed by atoms with van der Waals surface area (Å²) in [5, 5.41) is 11.3. The Hall–Kier alpha value is -0.910. The molecule has 0 amide bonds. The summed E-state index contributed by atoms with van der Waals surface area (Å²) in [5.74, 6) is 1.21. The fourth-order valence-corrected chi connectivity index (χ4v) is 2.34. The number of nitrogens with zero attached hydrogens (tertiary/aromatic N) is 2. The number of hydrogen-bond acceptors (Lipinski definition) is 5. The Bertz CT molecular complexity index is 469. The van der Waals surface area contributed by atoms with E-state index < -0.39 is 0 Å². The molecule has 0 spiro atoms. The molecular weight excluding hydrogens is 258 g/mol. The van der Waals surface area contributed by atoms with Crippen molar-refractivity contribution in [1.82, 2.24) is 15.5 Å². The molecule has 0 saturated carbocycles. The molecule has 2 aromatic heterocycles. The average molecular weight is 272 g/mol. The molecule has 0 saturated heterocycles. The van der Waals surface area contributed by atoms with Crippen molar-refractivity contribution in [3.8, 4) is 10.8 Å². The van der Waals surface area contributed by atoms with Crippen LogP contribution in [0.25, 0.3) is 10.8 Å². The van der Waals surface area contributed by atoms with Crippen molar-refractivity contribution in [2.75, 3.05) is 13.1 Å². The number of aromatic nitrogens is 2. The molecule has 0 aromatic carbocycles. The normalized spacial score (nSPS) is 10.9. The Morgan fingerprint density at radius 3 is 2.94 bits per heavy atom. The lowest BCUT2D eigenvalue weighted by Crippen LogP contribution is -2.17. The maximum Gasteiger partial charge on any atom is 0.257 e. The highest BCUT2D eigenvalue weighted by atomic mass is 35.5. The molecule has 0 unspecified atom stereocenters. The molecule has 4 nitrogen and oxygen atoms in total. The maximum absolute atomic E-state index is 5.85. The van der Waals surface area contributed by atoms with Crippen LogP contribution in [0, 0.1) is 0 Å². The number of nitrogens with one attached hydrogen (secondary N) is 1. The van der Waals surface area contributed by atoms with Gasteiger partial charge >= 0.3 is 0 Å². The first-order chi connectivity index (χ1) is 8.29. The molecule has 0 atom stereocenters. The van der Waals surface area contributed by atoms with Crippen LogP contribution in [0.5, 0.6) is 0 Å². The second-order valence-electron chi connectivity index (χ2n) is 3.60. The van der Waals surface area contributed by atoms with Crippen molar-refractivity contribution >= 4 is 22.9 Å². The van der Waals surface area contributed by atoms with Gasteiger partial charge in [0, 0.05) is 13.0 Å². The number of rotatable bonds is 6. The standard InChI is InChI=1S/C11H14ClN3OS/c1-2-6-13-7-5-10-14-15-11(16-10)8-3-4-9(12)17-8/h3-4,13H,2,5-7H2,1H3. The van der Waals surface area contributed by atoms with Gasteiger partial charge in [-0.05, 0) is 25.1 Å². The van der Waals surface area contributed by atoms with Crippen LogP contribution in [-0.4, -0.2) is 23.3 Å². The van der Waals surface area contributed by atoms with Crippen LogP contribution in [-0.2, 0) is 6.42 Å². The molecule has 2 heterocycles. The van der Waals surface area contributed by atoms with Gasteiger partial charge in [0.2, 0.25) is 5.89 Å². The number of thiophene rings is 1. The van der Waals surface area contributed by atoms with E-state index in [9.17, 15) is 0 Å². The Morgan fingerprint density at radius 1 is 1.35 bits per heavy atom. The topological polar surface area (TPSA) is 51.0 Å². The van der Waals surface area contributed by atoms with E-state index in [0.29, 0.717) is 11.8 Å². The first-order valence-electron chi connectivity index (χ1n) is 5.58. The second kappa shape index (κ2) is 6.14. The molecule has 17 heavy (non-hydrogen) atoms. The van der Waals surface area contributed by atoms with Gasteiger partial charge in [0.15, 0.2) is 0 Å². The molecule has 0 aliphatic carbocycles. The Labute approximate surface area is 109 Å². The minimum atomic E-state index is 0.549. The highest BCUT2D eigenvalue weighted by molar-refractivity contribution is 7.19. The molecule has 6 heteroatoms. The van der Waals surface area contributed by atoms with Gasteiger partial charge in [-0.1, -0.05) is 18.5 Å². The highest BCUT2D eigenvalue weighted by Gasteiger charge is 2.10. The van der Waals surface area contributed by atoms with Crippen LogP contribution in [0.1, 0.15) is 19.2 Å². The molecule has 0 aliphatic heterocycles. The molecule has 0 bridgehead atoms. The second-order valence-corrected chi connectivity index (χ2v) is 5.32. The van der Waals surface area contributed by atoms with E-state index in [4.69, 9.17) is 16.0 Å².